The van der Waals surface area contributed by atoms with Crippen molar-refractivity contribution < 1.29 is 9.64 Å². The van der Waals surface area contributed by atoms with Crippen molar-refractivity contribution in [3.63, 3.8) is 0 Å². The molecule has 0 unspecified atom stereocenters. The van der Waals surface area contributed by atoms with Gasteiger partial charge in [-0.2, -0.15) is 0 Å². The maximum absolute atomic E-state index is 5.36. The van der Waals surface area contributed by atoms with Gasteiger partial charge in [0.1, 0.15) is 13.1 Å². The van der Waals surface area contributed by atoms with Gasteiger partial charge < -0.3 is 20.3 Å². The summed E-state index contributed by atoms with van der Waals surface area (Å²) in [4.78, 5) is 1.58. The monoisotopic (exact) mass is 372 g/mol. The number of rotatable bonds is 5. The van der Waals surface area contributed by atoms with E-state index in [1.54, 1.807) is 4.90 Å². The van der Waals surface area contributed by atoms with Crippen LogP contribution in [0.5, 0.6) is 0 Å². The summed E-state index contributed by atoms with van der Waals surface area (Å²) in [5, 5.41) is 7.34. The Balaban J connectivity index is 1.67. The third-order valence-electron chi connectivity index (χ3n) is 3.68. The molecule has 0 aliphatic carbocycles. The molecule has 2 rings (SSSR count). The van der Waals surface area contributed by atoms with Gasteiger partial charge >= 0.3 is 0 Å². The minimum atomic E-state index is 0.203. The molecule has 21 heavy (non-hydrogen) atoms. The van der Waals surface area contributed by atoms with Crippen molar-refractivity contribution in [3.8, 4) is 0 Å². The lowest BCUT2D eigenvalue weighted by atomic mass is 10.1. The van der Waals surface area contributed by atoms with E-state index in [1.807, 2.05) is 12.1 Å². The second-order valence-corrected chi connectivity index (χ2v) is 6.61. The summed E-state index contributed by atoms with van der Waals surface area (Å²) in [6.07, 6.45) is 0. The van der Waals surface area contributed by atoms with Crippen molar-refractivity contribution >= 4 is 33.3 Å². The molecule has 1 fully saturated rings. The molecular formula is C15H23BrN3OS+. The largest absolute Gasteiger partial charge is 0.370 e. The van der Waals surface area contributed by atoms with E-state index in [0.717, 1.165) is 49.0 Å². The Kier molecular flexibility index (Phi) is 6.89. The highest BCUT2D eigenvalue weighted by molar-refractivity contribution is 9.10. The molecule has 6 heteroatoms. The first kappa shape index (κ1) is 16.7. The quantitative estimate of drug-likeness (QED) is 0.671. The smallest absolute Gasteiger partial charge is 0.166 e. The van der Waals surface area contributed by atoms with E-state index in [0.29, 0.717) is 0 Å². The number of hydrogen-bond acceptors (Lipinski definition) is 2. The third-order valence-corrected chi connectivity index (χ3v) is 4.47. The molecule has 4 nitrogen and oxygen atoms in total. The topological polar surface area (TPSA) is 37.7 Å². The molecule has 1 aromatic rings. The van der Waals surface area contributed by atoms with E-state index in [9.17, 15) is 0 Å². The van der Waals surface area contributed by atoms with E-state index in [4.69, 9.17) is 17.0 Å². The highest BCUT2D eigenvalue weighted by Crippen LogP contribution is 2.16. The zero-order valence-corrected chi connectivity index (χ0v) is 14.7. The van der Waals surface area contributed by atoms with Crippen LogP contribution in [-0.2, 0) is 4.74 Å². The summed E-state index contributed by atoms with van der Waals surface area (Å²) in [6.45, 7) is 8.03. The van der Waals surface area contributed by atoms with E-state index in [-0.39, 0.29) is 6.04 Å². The second kappa shape index (κ2) is 8.68. The Bertz CT molecular complexity index is 449. The van der Waals surface area contributed by atoms with Crippen LogP contribution in [0.3, 0.4) is 0 Å². The van der Waals surface area contributed by atoms with E-state index in [1.165, 1.54) is 5.56 Å². The number of morpholine rings is 1. The van der Waals surface area contributed by atoms with Crippen molar-refractivity contribution in [2.24, 2.45) is 0 Å². The first-order chi connectivity index (χ1) is 10.1. The summed E-state index contributed by atoms with van der Waals surface area (Å²) < 4.78 is 6.44. The molecule has 1 heterocycles. The maximum Gasteiger partial charge on any atom is 0.166 e. The number of halogens is 1. The van der Waals surface area contributed by atoms with E-state index >= 15 is 0 Å². The molecule has 0 spiro atoms. The summed E-state index contributed by atoms with van der Waals surface area (Å²) in [5.74, 6) is 0. The van der Waals surface area contributed by atoms with E-state index < -0.39 is 0 Å². The molecule has 116 valence electrons. The molecule has 1 atom stereocenters. The summed E-state index contributed by atoms with van der Waals surface area (Å²) in [7, 11) is 0. The fraction of sp³-hybridized carbons (Fsp3) is 0.533. The molecule has 3 N–H and O–H groups in total. The third kappa shape index (κ3) is 5.90. The Labute approximate surface area is 140 Å². The predicted octanol–water partition coefficient (Wildman–Crippen LogP) is 0.889. The highest BCUT2D eigenvalue weighted by Gasteiger charge is 2.13. The zero-order valence-electron chi connectivity index (χ0n) is 12.3. The van der Waals surface area contributed by atoms with Crippen molar-refractivity contribution in [1.29, 1.82) is 0 Å². The van der Waals surface area contributed by atoms with Crippen LogP contribution in [0.2, 0.25) is 0 Å². The van der Waals surface area contributed by atoms with Gasteiger partial charge in [-0.05, 0) is 36.8 Å². The van der Waals surface area contributed by atoms with Crippen LogP contribution >= 0.6 is 28.1 Å². The highest BCUT2D eigenvalue weighted by atomic mass is 79.9. The van der Waals surface area contributed by atoms with Crippen LogP contribution in [0, 0.1) is 0 Å². The van der Waals surface area contributed by atoms with Crippen LogP contribution in [0.25, 0.3) is 0 Å². The molecule has 0 saturated carbocycles. The number of benzene rings is 1. The predicted molar refractivity (Wildman–Crippen MR) is 92.7 cm³/mol. The van der Waals surface area contributed by atoms with Gasteiger partial charge in [-0.3, -0.25) is 0 Å². The average Bonchev–Trinajstić information content (AvgIpc) is 2.49. The van der Waals surface area contributed by atoms with Gasteiger partial charge in [0.2, 0.25) is 0 Å². The van der Waals surface area contributed by atoms with Gasteiger partial charge in [-0.1, -0.05) is 28.1 Å². The molecule has 0 amide bonds. The van der Waals surface area contributed by atoms with E-state index in [2.05, 4.69) is 45.6 Å². The van der Waals surface area contributed by atoms with Crippen molar-refractivity contribution in [2.45, 2.75) is 13.0 Å². The van der Waals surface area contributed by atoms with Crippen molar-refractivity contribution in [1.82, 2.24) is 10.6 Å². The summed E-state index contributed by atoms with van der Waals surface area (Å²) in [5.41, 5.74) is 1.22. The molecule has 1 saturated heterocycles. The van der Waals surface area contributed by atoms with Crippen molar-refractivity contribution in [2.75, 3.05) is 39.4 Å². The van der Waals surface area contributed by atoms with Gasteiger partial charge in [-0.15, -0.1) is 0 Å². The van der Waals surface area contributed by atoms with Gasteiger partial charge in [0.25, 0.3) is 0 Å². The lowest BCUT2D eigenvalue weighted by molar-refractivity contribution is -0.906. The first-order valence-electron chi connectivity index (χ1n) is 7.36. The summed E-state index contributed by atoms with van der Waals surface area (Å²) in [6, 6.07) is 8.50. The Morgan fingerprint density at radius 2 is 2.00 bits per heavy atom. The zero-order chi connectivity index (χ0) is 15.1. The number of nitrogens with one attached hydrogen (secondary N) is 3. The second-order valence-electron chi connectivity index (χ2n) is 5.29. The number of hydrogen-bond donors (Lipinski definition) is 3. The molecule has 0 radical (unpaired) electrons. The Morgan fingerprint density at radius 1 is 1.33 bits per heavy atom. The first-order valence-corrected chi connectivity index (χ1v) is 8.56. The fourth-order valence-electron chi connectivity index (χ4n) is 2.35. The van der Waals surface area contributed by atoms with Gasteiger partial charge in [0.15, 0.2) is 5.11 Å². The van der Waals surface area contributed by atoms with Crippen molar-refractivity contribution in [3.05, 3.63) is 34.3 Å². The standard InChI is InChI=1S/C15H22BrN3OS/c1-12(13-2-4-14(16)5-3-13)18-15(21)17-6-7-19-8-10-20-11-9-19/h2-5,12H,6-11H2,1H3,(H2,17,18,21)/p+1/t12-/m1/s1. The lowest BCUT2D eigenvalue weighted by Gasteiger charge is -2.24. The molecule has 0 aromatic heterocycles. The fourth-order valence-corrected chi connectivity index (χ4v) is 2.89. The van der Waals surface area contributed by atoms with Crippen LogP contribution < -0.4 is 15.5 Å². The lowest BCUT2D eigenvalue weighted by Crippen LogP contribution is -3.14. The van der Waals surface area contributed by atoms with Gasteiger partial charge in [0.05, 0.1) is 32.3 Å². The Hall–Kier alpha value is -0.690. The Morgan fingerprint density at radius 3 is 2.67 bits per heavy atom. The normalized spacial score (nSPS) is 17.2. The summed E-state index contributed by atoms with van der Waals surface area (Å²) >= 11 is 8.81. The van der Waals surface area contributed by atoms with Crippen LogP contribution in [0.15, 0.2) is 28.7 Å². The molecule has 1 aliphatic heterocycles. The molecule has 1 aromatic carbocycles. The van der Waals surface area contributed by atoms with Crippen LogP contribution in [0.4, 0.5) is 0 Å². The molecule has 1 aliphatic rings. The minimum absolute atomic E-state index is 0.203. The molecule has 0 bridgehead atoms. The SMILES string of the molecule is C[C@@H](NC(=S)NCC[NH+]1CCOCC1)c1ccc(Br)cc1. The number of quaternary nitrogens is 1. The minimum Gasteiger partial charge on any atom is -0.370 e. The van der Waals surface area contributed by atoms with Gasteiger partial charge in [0, 0.05) is 4.47 Å². The maximum atomic E-state index is 5.36. The van der Waals surface area contributed by atoms with Gasteiger partial charge in [-0.25, -0.2) is 0 Å². The van der Waals surface area contributed by atoms with Crippen LogP contribution in [0.1, 0.15) is 18.5 Å². The number of ether oxygens (including phenoxy) is 1. The number of thiocarbonyl (C=S) groups is 1. The molecular weight excluding hydrogens is 350 g/mol. The average molecular weight is 373 g/mol. The van der Waals surface area contributed by atoms with Crippen LogP contribution in [-0.4, -0.2) is 44.5 Å².